The number of aliphatic hydroxyl groups is 1. The van der Waals surface area contributed by atoms with Gasteiger partial charge in [-0.05, 0) is 11.6 Å². The minimum absolute atomic E-state index is 0.267. The molecule has 19 heavy (non-hydrogen) atoms. The zero-order valence-electron chi connectivity index (χ0n) is 12.0. The molecule has 1 N–H and O–H groups in total. The van der Waals surface area contributed by atoms with E-state index in [-0.39, 0.29) is 6.61 Å². The highest BCUT2D eigenvalue weighted by atomic mass is 16.3. The lowest BCUT2D eigenvalue weighted by Crippen LogP contribution is -2.46. The van der Waals surface area contributed by atoms with Crippen LogP contribution in [-0.2, 0) is 6.54 Å². The van der Waals surface area contributed by atoms with Crippen molar-refractivity contribution < 1.29 is 5.11 Å². The van der Waals surface area contributed by atoms with E-state index in [2.05, 4.69) is 53.1 Å². The third-order valence-corrected chi connectivity index (χ3v) is 3.75. The molecular weight excluding hydrogens is 238 g/mol. The van der Waals surface area contributed by atoms with Gasteiger partial charge in [0.2, 0.25) is 0 Å². The number of rotatable bonds is 5. The average molecular weight is 263 g/mol. The number of β-amino-alcohol motifs (C(OH)–C–C–N with tert-alkyl or cyclic N) is 1. The Hall–Kier alpha value is -1.10. The molecular formula is C15H25N3O. The quantitative estimate of drug-likeness (QED) is 0.853. The Balaban J connectivity index is 1.92. The Morgan fingerprint density at radius 1 is 1.05 bits per heavy atom. The number of para-hydroxylation sites is 1. The molecule has 106 valence electrons. The molecule has 0 atom stereocenters. The van der Waals surface area contributed by atoms with Crippen LogP contribution in [0.3, 0.4) is 0 Å². The summed E-state index contributed by atoms with van der Waals surface area (Å²) in [5.41, 5.74) is 2.70. The van der Waals surface area contributed by atoms with E-state index in [1.807, 2.05) is 0 Å². The van der Waals surface area contributed by atoms with Crippen molar-refractivity contribution in [3.63, 3.8) is 0 Å². The van der Waals surface area contributed by atoms with E-state index >= 15 is 0 Å². The van der Waals surface area contributed by atoms with E-state index in [0.29, 0.717) is 0 Å². The van der Waals surface area contributed by atoms with E-state index in [1.165, 1.54) is 11.3 Å². The van der Waals surface area contributed by atoms with Gasteiger partial charge in [-0.1, -0.05) is 18.2 Å². The van der Waals surface area contributed by atoms with Crippen LogP contribution in [-0.4, -0.2) is 68.3 Å². The predicted octanol–water partition coefficient (Wildman–Crippen LogP) is 0.862. The molecule has 2 rings (SSSR count). The third-order valence-electron chi connectivity index (χ3n) is 3.75. The maximum absolute atomic E-state index is 8.96. The first-order valence-corrected chi connectivity index (χ1v) is 7.01. The van der Waals surface area contributed by atoms with E-state index in [9.17, 15) is 0 Å². The van der Waals surface area contributed by atoms with Crippen molar-refractivity contribution in [3.8, 4) is 0 Å². The lowest BCUT2D eigenvalue weighted by Gasteiger charge is -2.35. The van der Waals surface area contributed by atoms with Gasteiger partial charge in [0.05, 0.1) is 6.61 Å². The Labute approximate surface area is 116 Å². The highest BCUT2D eigenvalue weighted by Crippen LogP contribution is 2.20. The molecule has 1 aliphatic heterocycles. The van der Waals surface area contributed by atoms with Crippen molar-refractivity contribution in [2.75, 3.05) is 58.3 Å². The minimum Gasteiger partial charge on any atom is -0.395 e. The summed E-state index contributed by atoms with van der Waals surface area (Å²) in [6.45, 7) is 6.38. The van der Waals surface area contributed by atoms with Gasteiger partial charge < -0.3 is 10.0 Å². The number of hydrogen-bond donors (Lipinski definition) is 1. The summed E-state index contributed by atoms with van der Waals surface area (Å²) >= 11 is 0. The third kappa shape index (κ3) is 3.93. The van der Waals surface area contributed by atoms with Crippen molar-refractivity contribution in [2.24, 2.45) is 0 Å². The molecule has 0 amide bonds. The smallest absolute Gasteiger partial charge is 0.0558 e. The second-order valence-electron chi connectivity index (χ2n) is 5.36. The zero-order valence-corrected chi connectivity index (χ0v) is 12.0. The van der Waals surface area contributed by atoms with Crippen LogP contribution in [0.5, 0.6) is 0 Å². The van der Waals surface area contributed by atoms with Crippen molar-refractivity contribution in [2.45, 2.75) is 6.54 Å². The molecule has 1 saturated heterocycles. The predicted molar refractivity (Wildman–Crippen MR) is 79.6 cm³/mol. The fourth-order valence-corrected chi connectivity index (χ4v) is 2.63. The summed E-state index contributed by atoms with van der Waals surface area (Å²) in [4.78, 5) is 7.00. The first-order valence-electron chi connectivity index (χ1n) is 7.01. The van der Waals surface area contributed by atoms with Gasteiger partial charge in [-0.2, -0.15) is 0 Å². The Morgan fingerprint density at radius 3 is 2.32 bits per heavy atom. The van der Waals surface area contributed by atoms with Crippen LogP contribution in [0.25, 0.3) is 0 Å². The monoisotopic (exact) mass is 263 g/mol. The standard InChI is InChI=1S/C15H25N3O/c1-16(2)15-6-4-3-5-14(15)13-18-9-7-17(8-10-18)11-12-19/h3-6,19H,7-13H2,1-2H3. The van der Waals surface area contributed by atoms with Gasteiger partial charge >= 0.3 is 0 Å². The Bertz CT molecular complexity index is 387. The molecule has 0 unspecified atom stereocenters. The van der Waals surface area contributed by atoms with Crippen molar-refractivity contribution in [1.82, 2.24) is 9.80 Å². The molecule has 4 heteroatoms. The van der Waals surface area contributed by atoms with E-state index in [4.69, 9.17) is 5.11 Å². The summed E-state index contributed by atoms with van der Waals surface area (Å²) in [5.74, 6) is 0. The molecule has 0 saturated carbocycles. The maximum Gasteiger partial charge on any atom is 0.0558 e. The van der Waals surface area contributed by atoms with Crippen LogP contribution >= 0.6 is 0 Å². The van der Waals surface area contributed by atoms with Crippen LogP contribution in [0.15, 0.2) is 24.3 Å². The van der Waals surface area contributed by atoms with Gasteiger partial charge in [0.15, 0.2) is 0 Å². The number of benzene rings is 1. The molecule has 0 spiro atoms. The molecule has 1 aromatic rings. The topological polar surface area (TPSA) is 30.0 Å². The molecule has 1 heterocycles. The normalized spacial score (nSPS) is 17.6. The van der Waals surface area contributed by atoms with Crippen LogP contribution in [0.2, 0.25) is 0 Å². The van der Waals surface area contributed by atoms with E-state index < -0.39 is 0 Å². The van der Waals surface area contributed by atoms with Crippen LogP contribution < -0.4 is 4.90 Å². The summed E-state index contributed by atoms with van der Waals surface area (Å²) in [7, 11) is 4.19. The number of hydrogen-bond acceptors (Lipinski definition) is 4. The van der Waals surface area contributed by atoms with E-state index in [1.54, 1.807) is 0 Å². The van der Waals surface area contributed by atoms with Crippen LogP contribution in [0, 0.1) is 0 Å². The summed E-state index contributed by atoms with van der Waals surface area (Å²) < 4.78 is 0. The second kappa shape index (κ2) is 6.89. The number of aliphatic hydroxyl groups excluding tert-OH is 1. The Kier molecular flexibility index (Phi) is 5.19. The van der Waals surface area contributed by atoms with Gasteiger partial charge in [0.25, 0.3) is 0 Å². The first kappa shape index (κ1) is 14.3. The number of nitrogens with zero attached hydrogens (tertiary/aromatic N) is 3. The molecule has 1 fully saturated rings. The van der Waals surface area contributed by atoms with Crippen LogP contribution in [0.1, 0.15) is 5.56 Å². The van der Waals surface area contributed by atoms with Crippen LogP contribution in [0.4, 0.5) is 5.69 Å². The largest absolute Gasteiger partial charge is 0.395 e. The van der Waals surface area contributed by atoms with Gasteiger partial charge in [-0.25, -0.2) is 0 Å². The van der Waals surface area contributed by atoms with Gasteiger partial charge in [-0.3, -0.25) is 9.80 Å². The molecule has 0 bridgehead atoms. The maximum atomic E-state index is 8.96. The minimum atomic E-state index is 0.267. The molecule has 1 aromatic carbocycles. The SMILES string of the molecule is CN(C)c1ccccc1CN1CCN(CCO)CC1. The molecule has 1 aliphatic rings. The second-order valence-corrected chi connectivity index (χ2v) is 5.36. The fourth-order valence-electron chi connectivity index (χ4n) is 2.63. The number of anilines is 1. The number of piperazine rings is 1. The van der Waals surface area contributed by atoms with Crippen molar-refractivity contribution in [3.05, 3.63) is 29.8 Å². The van der Waals surface area contributed by atoms with Crippen molar-refractivity contribution >= 4 is 5.69 Å². The highest BCUT2D eigenvalue weighted by Gasteiger charge is 2.17. The van der Waals surface area contributed by atoms with Gasteiger partial charge in [0, 0.05) is 59.1 Å². The lowest BCUT2D eigenvalue weighted by molar-refractivity contribution is 0.108. The van der Waals surface area contributed by atoms with Gasteiger partial charge in [-0.15, -0.1) is 0 Å². The molecule has 0 aromatic heterocycles. The van der Waals surface area contributed by atoms with E-state index in [0.717, 1.165) is 39.3 Å². The summed E-state index contributed by atoms with van der Waals surface area (Å²) in [5, 5.41) is 8.96. The zero-order chi connectivity index (χ0) is 13.7. The highest BCUT2D eigenvalue weighted by molar-refractivity contribution is 5.52. The molecule has 4 nitrogen and oxygen atoms in total. The average Bonchev–Trinajstić information content (AvgIpc) is 2.42. The Morgan fingerprint density at radius 2 is 1.68 bits per heavy atom. The fraction of sp³-hybridized carbons (Fsp3) is 0.600. The summed E-state index contributed by atoms with van der Waals surface area (Å²) in [6, 6.07) is 8.61. The van der Waals surface area contributed by atoms with Gasteiger partial charge in [0.1, 0.15) is 0 Å². The lowest BCUT2D eigenvalue weighted by atomic mass is 10.1. The summed E-state index contributed by atoms with van der Waals surface area (Å²) in [6.07, 6.45) is 0. The molecule has 0 radical (unpaired) electrons. The molecule has 0 aliphatic carbocycles. The van der Waals surface area contributed by atoms with Crippen molar-refractivity contribution in [1.29, 1.82) is 0 Å². The first-order chi connectivity index (χ1) is 9.20.